The van der Waals surface area contributed by atoms with Crippen LogP contribution in [0.2, 0.25) is 0 Å². The minimum atomic E-state index is 1.000. The Hall–Kier alpha value is -6.25. The average Bonchev–Trinajstić information content (AvgIpc) is 3.49. The first-order chi connectivity index (χ1) is 23.3. The van der Waals surface area contributed by atoms with Crippen LogP contribution in [0.25, 0.3) is 93.1 Å². The van der Waals surface area contributed by atoms with E-state index in [2.05, 4.69) is 174 Å². The van der Waals surface area contributed by atoms with Crippen LogP contribution in [0.1, 0.15) is 0 Å². The molecule has 0 saturated heterocycles. The van der Waals surface area contributed by atoms with Crippen LogP contribution < -0.4 is 0 Å². The molecule has 10 aromatic rings. The molecule has 8 aromatic carbocycles. The minimum Gasteiger partial charge on any atom is -0.309 e. The van der Waals surface area contributed by atoms with Gasteiger partial charge in [-0.05, 0) is 63.0 Å². The molecule has 218 valence electrons. The number of nitrogens with zero attached hydrogens (tertiary/aromatic N) is 2. The predicted molar refractivity (Wildman–Crippen MR) is 199 cm³/mol. The molecule has 0 unspecified atom stereocenters. The summed E-state index contributed by atoms with van der Waals surface area (Å²) < 4.78 is 2.47. The van der Waals surface area contributed by atoms with Gasteiger partial charge < -0.3 is 4.57 Å². The molecule has 0 bridgehead atoms. The fraction of sp³-hybridized carbons (Fsp3) is 0. The molecule has 0 atom stereocenters. The molecule has 47 heavy (non-hydrogen) atoms. The van der Waals surface area contributed by atoms with Crippen molar-refractivity contribution in [1.29, 1.82) is 0 Å². The molecule has 0 radical (unpaired) electrons. The van der Waals surface area contributed by atoms with Crippen molar-refractivity contribution >= 4 is 65.0 Å². The van der Waals surface area contributed by atoms with Gasteiger partial charge in [-0.15, -0.1) is 0 Å². The first-order valence-electron chi connectivity index (χ1n) is 16.1. The number of pyridine rings is 1. The van der Waals surface area contributed by atoms with Crippen LogP contribution in [0, 0.1) is 0 Å². The summed E-state index contributed by atoms with van der Waals surface area (Å²) in [7, 11) is 0. The summed E-state index contributed by atoms with van der Waals surface area (Å²) in [5.41, 5.74) is 9.11. The molecule has 2 heterocycles. The van der Waals surface area contributed by atoms with Crippen LogP contribution in [0.4, 0.5) is 0 Å². The van der Waals surface area contributed by atoms with Crippen molar-refractivity contribution in [3.05, 3.63) is 170 Å². The van der Waals surface area contributed by atoms with Crippen LogP contribution in [-0.4, -0.2) is 9.55 Å². The van der Waals surface area contributed by atoms with Gasteiger partial charge in [-0.3, -0.25) is 0 Å². The monoisotopic (exact) mass is 596 g/mol. The van der Waals surface area contributed by atoms with Gasteiger partial charge in [-0.2, -0.15) is 0 Å². The Morgan fingerprint density at radius 1 is 0.404 bits per heavy atom. The SMILES string of the molecule is c1ccc(-c2nc3ccccc3c3c2ccc2c4ccccc4n(-c4cccc(-c5cc6ccccc6c6ccccc56)c4)c23)cc1. The predicted octanol–water partition coefficient (Wildman–Crippen LogP) is 12.1. The second kappa shape index (κ2) is 10.1. The Labute approximate surface area is 271 Å². The summed E-state index contributed by atoms with van der Waals surface area (Å²) in [4.78, 5) is 5.24. The van der Waals surface area contributed by atoms with Gasteiger partial charge in [0, 0.05) is 38.2 Å². The lowest BCUT2D eigenvalue weighted by molar-refractivity contribution is 1.19. The maximum Gasteiger partial charge on any atom is 0.0788 e. The van der Waals surface area contributed by atoms with Crippen LogP contribution >= 0.6 is 0 Å². The van der Waals surface area contributed by atoms with Crippen LogP contribution in [0.3, 0.4) is 0 Å². The maximum absolute atomic E-state index is 5.24. The van der Waals surface area contributed by atoms with Crippen molar-refractivity contribution in [3.63, 3.8) is 0 Å². The van der Waals surface area contributed by atoms with Gasteiger partial charge in [0.05, 0.1) is 22.2 Å². The van der Waals surface area contributed by atoms with Crippen LogP contribution in [0.15, 0.2) is 170 Å². The first kappa shape index (κ1) is 26.0. The second-order valence-electron chi connectivity index (χ2n) is 12.3. The third-order valence-corrected chi connectivity index (χ3v) is 9.73. The highest BCUT2D eigenvalue weighted by atomic mass is 15.0. The van der Waals surface area contributed by atoms with Crippen molar-refractivity contribution in [2.45, 2.75) is 0 Å². The third-order valence-electron chi connectivity index (χ3n) is 9.73. The first-order valence-corrected chi connectivity index (χ1v) is 16.1. The van der Waals surface area contributed by atoms with Crippen molar-refractivity contribution in [2.75, 3.05) is 0 Å². The molecule has 0 N–H and O–H groups in total. The number of benzene rings is 8. The van der Waals surface area contributed by atoms with E-state index in [-0.39, 0.29) is 0 Å². The van der Waals surface area contributed by atoms with E-state index in [4.69, 9.17) is 4.98 Å². The van der Waals surface area contributed by atoms with E-state index in [1.807, 2.05) is 0 Å². The molecule has 10 rings (SSSR count). The van der Waals surface area contributed by atoms with E-state index in [0.29, 0.717) is 0 Å². The summed E-state index contributed by atoms with van der Waals surface area (Å²) in [6.07, 6.45) is 0. The highest BCUT2D eigenvalue weighted by Crippen LogP contribution is 2.43. The standard InChI is InChI=1S/C45H28N2/c1-2-13-29(14-3-1)44-39-26-25-37-36-21-9-11-24-42(36)47(45(37)43(39)38-22-8-10-23-41(38)46-44)32-17-12-16-30(27-32)40-28-31-15-4-5-18-33(31)34-19-6-7-20-35(34)40/h1-28H. The van der Waals surface area contributed by atoms with E-state index in [1.54, 1.807) is 0 Å². The Morgan fingerprint density at radius 2 is 1.06 bits per heavy atom. The van der Waals surface area contributed by atoms with E-state index in [1.165, 1.54) is 59.9 Å². The maximum atomic E-state index is 5.24. The molecule has 2 aromatic heterocycles. The number of aromatic nitrogens is 2. The van der Waals surface area contributed by atoms with Crippen molar-refractivity contribution in [3.8, 4) is 28.1 Å². The minimum absolute atomic E-state index is 1.000. The van der Waals surface area contributed by atoms with Crippen molar-refractivity contribution < 1.29 is 0 Å². The molecule has 2 heteroatoms. The Balaban J connectivity index is 1.33. The van der Waals surface area contributed by atoms with E-state index in [9.17, 15) is 0 Å². The molecule has 0 aliphatic rings. The molecular weight excluding hydrogens is 569 g/mol. The zero-order valence-corrected chi connectivity index (χ0v) is 25.6. The fourth-order valence-electron chi connectivity index (χ4n) is 7.68. The highest BCUT2D eigenvalue weighted by Gasteiger charge is 2.20. The van der Waals surface area contributed by atoms with Crippen molar-refractivity contribution in [1.82, 2.24) is 9.55 Å². The van der Waals surface area contributed by atoms with Gasteiger partial charge in [-0.1, -0.05) is 140 Å². The van der Waals surface area contributed by atoms with E-state index < -0.39 is 0 Å². The van der Waals surface area contributed by atoms with Gasteiger partial charge in [0.25, 0.3) is 0 Å². The lowest BCUT2D eigenvalue weighted by Crippen LogP contribution is -1.97. The van der Waals surface area contributed by atoms with E-state index in [0.717, 1.165) is 33.2 Å². The van der Waals surface area contributed by atoms with Gasteiger partial charge in [0.15, 0.2) is 0 Å². The molecule has 0 aliphatic heterocycles. The molecule has 0 amide bonds. The quantitative estimate of drug-likeness (QED) is 0.186. The summed E-state index contributed by atoms with van der Waals surface area (Å²) in [6.45, 7) is 0. The molecule has 2 nitrogen and oxygen atoms in total. The third kappa shape index (κ3) is 3.89. The zero-order valence-electron chi connectivity index (χ0n) is 25.6. The number of fused-ring (bicyclic) bond motifs is 10. The van der Waals surface area contributed by atoms with Crippen molar-refractivity contribution in [2.24, 2.45) is 0 Å². The Morgan fingerprint density at radius 3 is 1.94 bits per heavy atom. The lowest BCUT2D eigenvalue weighted by Gasteiger charge is -2.16. The van der Waals surface area contributed by atoms with Gasteiger partial charge in [0.2, 0.25) is 0 Å². The van der Waals surface area contributed by atoms with E-state index >= 15 is 0 Å². The van der Waals surface area contributed by atoms with Gasteiger partial charge in [-0.25, -0.2) is 4.98 Å². The summed E-state index contributed by atoms with van der Waals surface area (Å²) in [5, 5.41) is 11.1. The highest BCUT2D eigenvalue weighted by molar-refractivity contribution is 6.27. The number of para-hydroxylation sites is 2. The topological polar surface area (TPSA) is 17.8 Å². The number of hydrogen-bond donors (Lipinski definition) is 0. The summed E-state index contributed by atoms with van der Waals surface area (Å²) in [5.74, 6) is 0. The summed E-state index contributed by atoms with van der Waals surface area (Å²) in [6, 6.07) is 61.4. The van der Waals surface area contributed by atoms with Gasteiger partial charge in [0.1, 0.15) is 0 Å². The Bertz CT molecular complexity index is 2840. The molecule has 0 spiro atoms. The Kier molecular flexibility index (Phi) is 5.61. The number of rotatable bonds is 3. The summed E-state index contributed by atoms with van der Waals surface area (Å²) >= 11 is 0. The molecule has 0 fully saturated rings. The largest absolute Gasteiger partial charge is 0.309 e. The average molecular weight is 597 g/mol. The zero-order chi connectivity index (χ0) is 30.9. The number of hydrogen-bond acceptors (Lipinski definition) is 1. The second-order valence-corrected chi connectivity index (χ2v) is 12.3. The molecule has 0 saturated carbocycles. The smallest absolute Gasteiger partial charge is 0.0788 e. The normalized spacial score (nSPS) is 11.8. The van der Waals surface area contributed by atoms with Gasteiger partial charge >= 0.3 is 0 Å². The lowest BCUT2D eigenvalue weighted by atomic mass is 9.93. The molecule has 0 aliphatic carbocycles. The molecular formula is C45H28N2. The fourth-order valence-corrected chi connectivity index (χ4v) is 7.68. The van der Waals surface area contributed by atoms with Crippen LogP contribution in [-0.2, 0) is 0 Å². The van der Waals surface area contributed by atoms with Crippen LogP contribution in [0.5, 0.6) is 0 Å².